The summed E-state index contributed by atoms with van der Waals surface area (Å²) in [6.07, 6.45) is 13.0. The van der Waals surface area contributed by atoms with Crippen LogP contribution < -0.4 is 0 Å². The molecule has 1 aromatic rings. The van der Waals surface area contributed by atoms with Crippen LogP contribution in [0, 0.1) is 5.41 Å². The number of hydrogen-bond donors (Lipinski definition) is 0. The SMILES string of the molecule is CC1(C)C=CC=C(N2CCN(CCCCN3C(=O)c4ccccc4C3=O)CC2)C=C1. The highest BCUT2D eigenvalue weighted by Gasteiger charge is 2.34. The molecule has 1 aromatic carbocycles. The third-order valence-corrected chi connectivity index (χ3v) is 6.20. The van der Waals surface area contributed by atoms with Crippen LogP contribution in [-0.4, -0.2) is 65.8 Å². The third kappa shape index (κ3) is 4.41. The molecule has 1 saturated heterocycles. The first-order valence-electron chi connectivity index (χ1n) is 11.0. The van der Waals surface area contributed by atoms with Gasteiger partial charge >= 0.3 is 0 Å². The highest BCUT2D eigenvalue weighted by molar-refractivity contribution is 6.21. The zero-order valence-electron chi connectivity index (χ0n) is 18.0. The number of amides is 2. The van der Waals surface area contributed by atoms with Crippen molar-refractivity contribution in [3.8, 4) is 0 Å². The summed E-state index contributed by atoms with van der Waals surface area (Å²) < 4.78 is 0. The van der Waals surface area contributed by atoms with Gasteiger partial charge in [-0.1, -0.05) is 44.2 Å². The lowest BCUT2D eigenvalue weighted by molar-refractivity contribution is 0.0649. The minimum Gasteiger partial charge on any atom is -0.369 e. The van der Waals surface area contributed by atoms with E-state index in [1.165, 1.54) is 10.6 Å². The van der Waals surface area contributed by atoms with E-state index in [1.807, 2.05) is 12.1 Å². The number of imide groups is 1. The van der Waals surface area contributed by atoms with E-state index in [0.717, 1.165) is 45.6 Å². The number of carbonyl (C=O) groups is 2. The van der Waals surface area contributed by atoms with Crippen LogP contribution in [0.15, 0.2) is 60.3 Å². The monoisotopic (exact) mass is 405 g/mol. The number of hydrogen-bond acceptors (Lipinski definition) is 4. The Hall–Kier alpha value is -2.66. The average molecular weight is 406 g/mol. The molecule has 30 heavy (non-hydrogen) atoms. The zero-order chi connectivity index (χ0) is 21.1. The van der Waals surface area contributed by atoms with Crippen molar-refractivity contribution < 1.29 is 9.59 Å². The van der Waals surface area contributed by atoms with Crippen molar-refractivity contribution >= 4 is 11.8 Å². The first-order valence-corrected chi connectivity index (χ1v) is 11.0. The molecule has 5 nitrogen and oxygen atoms in total. The van der Waals surface area contributed by atoms with Crippen molar-refractivity contribution in [1.29, 1.82) is 0 Å². The number of piperazine rings is 1. The first kappa shape index (κ1) is 20.6. The summed E-state index contributed by atoms with van der Waals surface area (Å²) in [5.41, 5.74) is 2.49. The fourth-order valence-electron chi connectivity index (χ4n) is 4.29. The van der Waals surface area contributed by atoms with E-state index in [0.29, 0.717) is 17.7 Å². The van der Waals surface area contributed by atoms with Crippen LogP contribution in [0.25, 0.3) is 0 Å². The van der Waals surface area contributed by atoms with E-state index in [-0.39, 0.29) is 17.2 Å². The van der Waals surface area contributed by atoms with Crippen LogP contribution in [0.1, 0.15) is 47.4 Å². The molecule has 0 N–H and O–H groups in total. The molecule has 5 heteroatoms. The van der Waals surface area contributed by atoms with Gasteiger partial charge in [-0.05, 0) is 43.7 Å². The highest BCUT2D eigenvalue weighted by atomic mass is 16.2. The summed E-state index contributed by atoms with van der Waals surface area (Å²) in [5, 5.41) is 0. The predicted octanol–water partition coefficient (Wildman–Crippen LogP) is 3.72. The summed E-state index contributed by atoms with van der Waals surface area (Å²) in [5.74, 6) is -0.294. The normalized spacial score (nSPS) is 21.1. The maximum atomic E-state index is 12.4. The zero-order valence-corrected chi connectivity index (χ0v) is 18.0. The van der Waals surface area contributed by atoms with Crippen molar-refractivity contribution in [2.75, 3.05) is 39.3 Å². The highest BCUT2D eigenvalue weighted by Crippen LogP contribution is 2.25. The number of unbranched alkanes of at least 4 members (excludes halogenated alkanes) is 1. The van der Waals surface area contributed by atoms with Crippen molar-refractivity contribution in [2.24, 2.45) is 5.41 Å². The Bertz CT molecular complexity index is 870. The molecule has 0 unspecified atom stereocenters. The van der Waals surface area contributed by atoms with Gasteiger partial charge in [-0.25, -0.2) is 0 Å². The summed E-state index contributed by atoms with van der Waals surface area (Å²) >= 11 is 0. The second kappa shape index (κ2) is 8.60. The van der Waals surface area contributed by atoms with Gasteiger partial charge in [-0.15, -0.1) is 0 Å². The van der Waals surface area contributed by atoms with Gasteiger partial charge in [-0.3, -0.25) is 19.4 Å². The molecule has 0 atom stereocenters. The summed E-state index contributed by atoms with van der Waals surface area (Å²) in [7, 11) is 0. The summed E-state index contributed by atoms with van der Waals surface area (Å²) in [6.45, 7) is 10.1. The van der Waals surface area contributed by atoms with Crippen LogP contribution in [0.2, 0.25) is 0 Å². The summed E-state index contributed by atoms with van der Waals surface area (Å²) in [4.78, 5) is 31.2. The van der Waals surface area contributed by atoms with Gasteiger partial charge in [0.2, 0.25) is 0 Å². The lowest BCUT2D eigenvalue weighted by Gasteiger charge is -2.36. The van der Waals surface area contributed by atoms with Crippen molar-refractivity contribution in [1.82, 2.24) is 14.7 Å². The topological polar surface area (TPSA) is 43.9 Å². The molecule has 0 radical (unpaired) electrons. The fraction of sp³-hybridized carbons (Fsp3) is 0.440. The molecular weight excluding hydrogens is 374 g/mol. The number of carbonyl (C=O) groups excluding carboxylic acids is 2. The Morgan fingerprint density at radius 3 is 2.17 bits per heavy atom. The Morgan fingerprint density at radius 1 is 0.867 bits per heavy atom. The molecule has 4 rings (SSSR count). The van der Waals surface area contributed by atoms with Crippen LogP contribution >= 0.6 is 0 Å². The number of fused-ring (bicyclic) bond motifs is 1. The standard InChI is InChI=1S/C25H31N3O2/c1-25(2)12-7-8-20(11-13-25)27-18-16-26(17-19-27)14-5-6-15-28-23(29)21-9-3-4-10-22(21)24(28)30/h3-4,7-13H,5-6,14-19H2,1-2H3. The van der Waals surface area contributed by atoms with Crippen LogP contribution in [-0.2, 0) is 0 Å². The predicted molar refractivity (Wildman–Crippen MR) is 119 cm³/mol. The van der Waals surface area contributed by atoms with Gasteiger partial charge < -0.3 is 4.90 Å². The largest absolute Gasteiger partial charge is 0.369 e. The van der Waals surface area contributed by atoms with Crippen LogP contribution in [0.5, 0.6) is 0 Å². The Labute approximate surface area is 179 Å². The van der Waals surface area contributed by atoms with E-state index in [1.54, 1.807) is 12.1 Å². The van der Waals surface area contributed by atoms with Crippen molar-refractivity contribution in [3.05, 3.63) is 71.5 Å². The van der Waals surface area contributed by atoms with Gasteiger partial charge in [0, 0.05) is 43.8 Å². The number of benzene rings is 1. The Morgan fingerprint density at radius 2 is 1.50 bits per heavy atom. The van der Waals surface area contributed by atoms with Gasteiger partial charge in [0.25, 0.3) is 11.8 Å². The van der Waals surface area contributed by atoms with E-state index < -0.39 is 0 Å². The lowest BCUT2D eigenvalue weighted by atomic mass is 9.93. The third-order valence-electron chi connectivity index (χ3n) is 6.20. The molecule has 2 aliphatic heterocycles. The lowest BCUT2D eigenvalue weighted by Crippen LogP contribution is -2.45. The molecule has 158 valence electrons. The molecule has 1 fully saturated rings. The van der Waals surface area contributed by atoms with E-state index >= 15 is 0 Å². The molecule has 0 saturated carbocycles. The second-order valence-corrected chi connectivity index (χ2v) is 8.95. The molecule has 0 aromatic heterocycles. The molecular formula is C25H31N3O2. The van der Waals surface area contributed by atoms with Gasteiger partial charge in [-0.2, -0.15) is 0 Å². The second-order valence-electron chi connectivity index (χ2n) is 8.95. The van der Waals surface area contributed by atoms with Crippen molar-refractivity contribution in [3.63, 3.8) is 0 Å². The molecule has 2 amide bonds. The molecule has 1 aliphatic carbocycles. The van der Waals surface area contributed by atoms with Gasteiger partial charge in [0.15, 0.2) is 0 Å². The number of rotatable bonds is 6. The minimum atomic E-state index is -0.147. The van der Waals surface area contributed by atoms with E-state index in [9.17, 15) is 9.59 Å². The van der Waals surface area contributed by atoms with Crippen LogP contribution in [0.3, 0.4) is 0 Å². The van der Waals surface area contributed by atoms with Crippen LogP contribution in [0.4, 0.5) is 0 Å². The number of allylic oxidation sites excluding steroid dienone is 5. The molecule has 3 aliphatic rings. The van der Waals surface area contributed by atoms with Gasteiger partial charge in [0.1, 0.15) is 0 Å². The van der Waals surface area contributed by atoms with E-state index in [4.69, 9.17) is 0 Å². The molecule has 0 bridgehead atoms. The summed E-state index contributed by atoms with van der Waals surface area (Å²) in [6, 6.07) is 7.10. The Balaban J connectivity index is 1.19. The quantitative estimate of drug-likeness (QED) is 0.535. The minimum absolute atomic E-state index is 0.111. The maximum Gasteiger partial charge on any atom is 0.261 e. The first-order chi connectivity index (χ1) is 14.4. The smallest absolute Gasteiger partial charge is 0.261 e. The van der Waals surface area contributed by atoms with Gasteiger partial charge in [0.05, 0.1) is 11.1 Å². The van der Waals surface area contributed by atoms with E-state index in [2.05, 4.69) is 54.0 Å². The average Bonchev–Trinajstić information content (AvgIpc) is 2.87. The maximum absolute atomic E-state index is 12.4. The molecule has 2 heterocycles. The fourth-order valence-corrected chi connectivity index (χ4v) is 4.29. The van der Waals surface area contributed by atoms with Crippen molar-refractivity contribution in [2.45, 2.75) is 26.7 Å². The molecule has 0 spiro atoms. The Kier molecular flexibility index (Phi) is 5.91. The number of nitrogens with zero attached hydrogens (tertiary/aromatic N) is 3.